The Bertz CT molecular complexity index is 274. The molecule has 0 bridgehead atoms. The Morgan fingerprint density at radius 1 is 0.778 bits per heavy atom. The van der Waals surface area contributed by atoms with Crippen molar-refractivity contribution in [3.05, 3.63) is 35.9 Å². The zero-order valence-corrected chi connectivity index (χ0v) is 11.0. The maximum Gasteiger partial charge on any atom is 0.0718 e. The van der Waals surface area contributed by atoms with Gasteiger partial charge in [-0.3, -0.25) is 0 Å². The van der Waals surface area contributed by atoms with Crippen molar-refractivity contribution in [3.63, 3.8) is 0 Å². The number of rotatable bonds is 11. The van der Waals surface area contributed by atoms with Gasteiger partial charge in [0.15, 0.2) is 0 Å². The average Bonchev–Trinajstić information content (AvgIpc) is 2.42. The molecule has 1 rings (SSSR count). The molecule has 1 N–H and O–H groups in total. The number of benzene rings is 1. The highest BCUT2D eigenvalue weighted by molar-refractivity contribution is 5.13. The van der Waals surface area contributed by atoms with Gasteiger partial charge in [0.25, 0.3) is 0 Å². The SMILES string of the molecule is OCCCCCCOCCOCc1ccccc1. The molecule has 0 spiro atoms. The predicted molar refractivity (Wildman–Crippen MR) is 72.5 cm³/mol. The second-order valence-electron chi connectivity index (χ2n) is 4.29. The van der Waals surface area contributed by atoms with Crippen molar-refractivity contribution < 1.29 is 14.6 Å². The predicted octanol–water partition coefficient (Wildman–Crippen LogP) is 2.77. The van der Waals surface area contributed by atoms with Gasteiger partial charge in [0, 0.05) is 13.2 Å². The highest BCUT2D eigenvalue weighted by Crippen LogP contribution is 2.01. The van der Waals surface area contributed by atoms with Crippen molar-refractivity contribution in [2.75, 3.05) is 26.4 Å². The van der Waals surface area contributed by atoms with Crippen molar-refractivity contribution in [1.82, 2.24) is 0 Å². The van der Waals surface area contributed by atoms with Crippen molar-refractivity contribution in [2.24, 2.45) is 0 Å². The lowest BCUT2D eigenvalue weighted by Gasteiger charge is -2.06. The van der Waals surface area contributed by atoms with E-state index >= 15 is 0 Å². The van der Waals surface area contributed by atoms with Crippen LogP contribution >= 0.6 is 0 Å². The van der Waals surface area contributed by atoms with Crippen LogP contribution in [0.5, 0.6) is 0 Å². The second-order valence-corrected chi connectivity index (χ2v) is 4.29. The normalized spacial score (nSPS) is 10.7. The molecule has 0 unspecified atom stereocenters. The molecule has 0 heterocycles. The number of hydrogen-bond donors (Lipinski definition) is 1. The molecule has 0 aliphatic carbocycles. The van der Waals surface area contributed by atoms with E-state index in [2.05, 4.69) is 12.1 Å². The van der Waals surface area contributed by atoms with E-state index in [1.165, 1.54) is 5.56 Å². The van der Waals surface area contributed by atoms with Gasteiger partial charge in [-0.15, -0.1) is 0 Å². The first-order valence-corrected chi connectivity index (χ1v) is 6.74. The van der Waals surface area contributed by atoms with Crippen LogP contribution in [0.25, 0.3) is 0 Å². The molecular weight excluding hydrogens is 228 g/mol. The summed E-state index contributed by atoms with van der Waals surface area (Å²) in [6.45, 7) is 3.05. The number of ether oxygens (including phenoxy) is 2. The fourth-order valence-electron chi connectivity index (χ4n) is 1.65. The van der Waals surface area contributed by atoms with E-state index in [0.29, 0.717) is 26.4 Å². The van der Waals surface area contributed by atoms with Gasteiger partial charge in [0.2, 0.25) is 0 Å². The molecule has 0 saturated heterocycles. The summed E-state index contributed by atoms with van der Waals surface area (Å²) in [5.41, 5.74) is 1.20. The van der Waals surface area contributed by atoms with Gasteiger partial charge in [-0.25, -0.2) is 0 Å². The molecule has 102 valence electrons. The largest absolute Gasteiger partial charge is 0.396 e. The Labute approximate surface area is 110 Å². The lowest BCUT2D eigenvalue weighted by Crippen LogP contribution is -2.05. The highest BCUT2D eigenvalue weighted by atomic mass is 16.5. The topological polar surface area (TPSA) is 38.7 Å². The van der Waals surface area contributed by atoms with Crippen LogP contribution in [0.3, 0.4) is 0 Å². The summed E-state index contributed by atoms with van der Waals surface area (Å²) >= 11 is 0. The third kappa shape index (κ3) is 8.23. The van der Waals surface area contributed by atoms with E-state index < -0.39 is 0 Å². The minimum Gasteiger partial charge on any atom is -0.396 e. The Balaban J connectivity index is 1.82. The molecule has 0 amide bonds. The van der Waals surface area contributed by atoms with Gasteiger partial charge in [0.1, 0.15) is 0 Å². The molecule has 0 saturated carbocycles. The van der Waals surface area contributed by atoms with Gasteiger partial charge in [-0.05, 0) is 18.4 Å². The summed E-state index contributed by atoms with van der Waals surface area (Å²) in [6.07, 6.45) is 4.19. The summed E-state index contributed by atoms with van der Waals surface area (Å²) < 4.78 is 11.0. The Kier molecular flexibility index (Phi) is 9.44. The van der Waals surface area contributed by atoms with E-state index in [0.717, 1.165) is 32.3 Å². The zero-order chi connectivity index (χ0) is 12.9. The zero-order valence-electron chi connectivity index (χ0n) is 11.0. The fraction of sp³-hybridized carbons (Fsp3) is 0.600. The molecular formula is C15H24O3. The van der Waals surface area contributed by atoms with Crippen LogP contribution in [-0.4, -0.2) is 31.5 Å². The lowest BCUT2D eigenvalue weighted by molar-refractivity contribution is 0.0392. The Hall–Kier alpha value is -0.900. The van der Waals surface area contributed by atoms with E-state index in [4.69, 9.17) is 14.6 Å². The molecule has 0 atom stereocenters. The monoisotopic (exact) mass is 252 g/mol. The number of aliphatic hydroxyl groups is 1. The van der Waals surface area contributed by atoms with Crippen molar-refractivity contribution in [3.8, 4) is 0 Å². The van der Waals surface area contributed by atoms with Crippen LogP contribution in [0.15, 0.2) is 30.3 Å². The van der Waals surface area contributed by atoms with Crippen LogP contribution in [0.2, 0.25) is 0 Å². The highest BCUT2D eigenvalue weighted by Gasteiger charge is 1.93. The van der Waals surface area contributed by atoms with Gasteiger partial charge in [-0.1, -0.05) is 43.2 Å². The van der Waals surface area contributed by atoms with Crippen molar-refractivity contribution in [2.45, 2.75) is 32.3 Å². The number of hydrogen-bond acceptors (Lipinski definition) is 3. The molecule has 0 radical (unpaired) electrons. The molecule has 1 aromatic carbocycles. The van der Waals surface area contributed by atoms with Gasteiger partial charge in [0.05, 0.1) is 19.8 Å². The third-order valence-electron chi connectivity index (χ3n) is 2.68. The summed E-state index contributed by atoms with van der Waals surface area (Å²) in [4.78, 5) is 0. The Morgan fingerprint density at radius 3 is 2.28 bits per heavy atom. The van der Waals surface area contributed by atoms with Gasteiger partial charge >= 0.3 is 0 Å². The fourth-order valence-corrected chi connectivity index (χ4v) is 1.65. The van der Waals surface area contributed by atoms with Crippen LogP contribution in [0.1, 0.15) is 31.2 Å². The first-order valence-electron chi connectivity index (χ1n) is 6.74. The number of unbranched alkanes of at least 4 members (excludes halogenated alkanes) is 3. The molecule has 0 aliphatic heterocycles. The van der Waals surface area contributed by atoms with E-state index in [9.17, 15) is 0 Å². The molecule has 1 aromatic rings. The van der Waals surface area contributed by atoms with Crippen LogP contribution in [0.4, 0.5) is 0 Å². The molecule has 0 aromatic heterocycles. The minimum atomic E-state index is 0.300. The third-order valence-corrected chi connectivity index (χ3v) is 2.68. The van der Waals surface area contributed by atoms with Crippen LogP contribution in [0, 0.1) is 0 Å². The molecule has 3 nitrogen and oxygen atoms in total. The molecule has 0 fully saturated rings. The maximum atomic E-state index is 8.61. The summed E-state index contributed by atoms with van der Waals surface area (Å²) in [5, 5.41) is 8.61. The van der Waals surface area contributed by atoms with Crippen LogP contribution < -0.4 is 0 Å². The van der Waals surface area contributed by atoms with Crippen molar-refractivity contribution >= 4 is 0 Å². The Morgan fingerprint density at radius 2 is 1.50 bits per heavy atom. The first kappa shape index (κ1) is 15.2. The standard InChI is InChI=1S/C15H24O3/c16-10-6-1-2-7-11-17-12-13-18-14-15-8-4-3-5-9-15/h3-5,8-9,16H,1-2,6-7,10-14H2. The van der Waals surface area contributed by atoms with E-state index in [1.807, 2.05) is 18.2 Å². The maximum absolute atomic E-state index is 8.61. The second kappa shape index (κ2) is 11.2. The smallest absolute Gasteiger partial charge is 0.0718 e. The minimum absolute atomic E-state index is 0.300. The van der Waals surface area contributed by atoms with Gasteiger partial charge < -0.3 is 14.6 Å². The van der Waals surface area contributed by atoms with Crippen LogP contribution in [-0.2, 0) is 16.1 Å². The first-order chi connectivity index (χ1) is 8.93. The molecule has 0 aliphatic rings. The quantitative estimate of drug-likeness (QED) is 0.615. The summed E-state index contributed by atoms with van der Waals surface area (Å²) in [6, 6.07) is 10.1. The molecule has 18 heavy (non-hydrogen) atoms. The van der Waals surface area contributed by atoms with Crippen molar-refractivity contribution in [1.29, 1.82) is 0 Å². The lowest BCUT2D eigenvalue weighted by atomic mass is 10.2. The van der Waals surface area contributed by atoms with Gasteiger partial charge in [-0.2, -0.15) is 0 Å². The summed E-state index contributed by atoms with van der Waals surface area (Å²) in [5.74, 6) is 0. The molecule has 3 heteroatoms. The van der Waals surface area contributed by atoms with E-state index in [1.54, 1.807) is 0 Å². The summed E-state index contributed by atoms with van der Waals surface area (Å²) in [7, 11) is 0. The number of aliphatic hydroxyl groups excluding tert-OH is 1. The average molecular weight is 252 g/mol. The van der Waals surface area contributed by atoms with E-state index in [-0.39, 0.29) is 0 Å².